The smallest absolute Gasteiger partial charge is 0.167 e. The fraction of sp³-hybridized carbons (Fsp3) is 0.0769. The summed E-state index contributed by atoms with van der Waals surface area (Å²) in [4.78, 5) is 0. The highest BCUT2D eigenvalue weighted by Crippen LogP contribution is 2.25. The lowest BCUT2D eigenvalue weighted by Crippen LogP contribution is -1.91. The van der Waals surface area contributed by atoms with Gasteiger partial charge in [-0.15, -0.1) is 0 Å². The molecule has 81 valence electrons. The molecule has 0 heterocycles. The Morgan fingerprint density at radius 3 is 2.44 bits per heavy atom. The Morgan fingerprint density at radius 1 is 1.00 bits per heavy atom. The van der Waals surface area contributed by atoms with Crippen LogP contribution in [-0.4, -0.2) is 0 Å². The van der Waals surface area contributed by atoms with Crippen LogP contribution in [0.1, 0.15) is 5.56 Å². The molecule has 0 atom stereocenters. The van der Waals surface area contributed by atoms with Crippen LogP contribution in [0.25, 0.3) is 11.1 Å². The highest BCUT2D eigenvalue weighted by atomic mass is 19.2. The maximum atomic E-state index is 13.4. The zero-order chi connectivity index (χ0) is 11.7. The first-order valence-electron chi connectivity index (χ1n) is 4.72. The van der Waals surface area contributed by atoms with Crippen LogP contribution in [0.15, 0.2) is 30.3 Å². The second kappa shape index (κ2) is 4.00. The van der Waals surface area contributed by atoms with Gasteiger partial charge in [0.1, 0.15) is 5.82 Å². The summed E-state index contributed by atoms with van der Waals surface area (Å²) < 4.78 is 39.6. The molecule has 2 rings (SSSR count). The van der Waals surface area contributed by atoms with Crippen LogP contribution in [0.2, 0.25) is 0 Å². The second-order valence-corrected chi connectivity index (χ2v) is 3.48. The maximum absolute atomic E-state index is 13.4. The van der Waals surface area contributed by atoms with Crippen LogP contribution in [0.4, 0.5) is 13.2 Å². The number of hydrogen-bond acceptors (Lipinski definition) is 0. The highest BCUT2D eigenvalue weighted by molar-refractivity contribution is 5.64. The minimum Gasteiger partial charge on any atom is -0.207 e. The average molecular weight is 221 g/mol. The van der Waals surface area contributed by atoms with Gasteiger partial charge in [-0.25, -0.2) is 13.2 Å². The van der Waals surface area contributed by atoms with Gasteiger partial charge in [0.05, 0.1) is 0 Å². The van der Waals surface area contributed by atoms with E-state index in [1.807, 2.05) is 0 Å². The summed E-state index contributed by atoms with van der Waals surface area (Å²) in [5.41, 5.74) is 0.680. The molecule has 0 aliphatic carbocycles. The first-order chi connectivity index (χ1) is 7.59. The Hall–Kier alpha value is -1.77. The van der Waals surface area contributed by atoms with Gasteiger partial charge in [-0.2, -0.15) is 0 Å². The zero-order valence-corrected chi connectivity index (χ0v) is 8.52. The molecule has 0 bridgehead atoms. The Morgan fingerprint density at radius 2 is 1.75 bits per heavy atom. The van der Waals surface area contributed by atoms with E-state index in [1.165, 1.54) is 24.3 Å². The summed E-state index contributed by atoms with van der Waals surface area (Å²) in [6.07, 6.45) is 0. The third-order valence-corrected chi connectivity index (χ3v) is 2.35. The summed E-state index contributed by atoms with van der Waals surface area (Å²) in [5, 5.41) is 0. The van der Waals surface area contributed by atoms with Crippen LogP contribution in [0, 0.1) is 30.4 Å². The van der Waals surface area contributed by atoms with Crippen molar-refractivity contribution in [1.29, 1.82) is 0 Å². The van der Waals surface area contributed by atoms with Crippen molar-refractivity contribution < 1.29 is 13.2 Å². The third kappa shape index (κ3) is 1.81. The van der Waals surface area contributed by atoms with Crippen LogP contribution < -0.4 is 0 Å². The van der Waals surface area contributed by atoms with Gasteiger partial charge in [0, 0.05) is 5.56 Å². The SMILES string of the molecule is Cc1ccc(-c2[c]ccc(F)c2F)cc1F. The van der Waals surface area contributed by atoms with Gasteiger partial charge in [-0.3, -0.25) is 0 Å². The summed E-state index contributed by atoms with van der Waals surface area (Å²) in [5.74, 6) is -2.42. The minimum atomic E-state index is -1.01. The lowest BCUT2D eigenvalue weighted by molar-refractivity contribution is 0.511. The van der Waals surface area contributed by atoms with E-state index in [0.29, 0.717) is 5.56 Å². The average Bonchev–Trinajstić information content (AvgIpc) is 2.26. The largest absolute Gasteiger partial charge is 0.207 e. The first kappa shape index (κ1) is 10.7. The molecular formula is C13H8F3. The lowest BCUT2D eigenvalue weighted by Gasteiger charge is -2.05. The van der Waals surface area contributed by atoms with Gasteiger partial charge in [0.2, 0.25) is 0 Å². The molecule has 0 fully saturated rings. The van der Waals surface area contributed by atoms with Crippen molar-refractivity contribution in [3.63, 3.8) is 0 Å². The van der Waals surface area contributed by atoms with Gasteiger partial charge >= 0.3 is 0 Å². The molecule has 2 aromatic rings. The second-order valence-electron chi connectivity index (χ2n) is 3.48. The van der Waals surface area contributed by atoms with Crippen molar-refractivity contribution in [2.45, 2.75) is 6.92 Å². The molecule has 0 N–H and O–H groups in total. The van der Waals surface area contributed by atoms with E-state index in [9.17, 15) is 13.2 Å². The predicted molar refractivity (Wildman–Crippen MR) is 55.3 cm³/mol. The molecule has 0 nitrogen and oxygen atoms in total. The van der Waals surface area contributed by atoms with E-state index in [0.717, 1.165) is 6.07 Å². The van der Waals surface area contributed by atoms with Gasteiger partial charge in [-0.05, 0) is 36.2 Å². The molecule has 0 unspecified atom stereocenters. The Labute approximate surface area is 91.4 Å². The van der Waals surface area contributed by atoms with Crippen molar-refractivity contribution in [1.82, 2.24) is 0 Å². The predicted octanol–water partition coefficient (Wildman–Crippen LogP) is 3.88. The molecule has 0 saturated heterocycles. The number of rotatable bonds is 1. The Bertz CT molecular complexity index is 533. The molecule has 2 aromatic carbocycles. The molecule has 0 spiro atoms. The summed E-state index contributed by atoms with van der Waals surface area (Å²) in [6, 6.07) is 9.03. The summed E-state index contributed by atoms with van der Waals surface area (Å²) >= 11 is 0. The topological polar surface area (TPSA) is 0 Å². The first-order valence-corrected chi connectivity index (χ1v) is 4.72. The van der Waals surface area contributed by atoms with E-state index >= 15 is 0 Å². The van der Waals surface area contributed by atoms with Crippen molar-refractivity contribution in [2.24, 2.45) is 0 Å². The fourth-order valence-electron chi connectivity index (χ4n) is 1.41. The van der Waals surface area contributed by atoms with Gasteiger partial charge in [0.25, 0.3) is 0 Å². The summed E-state index contributed by atoms with van der Waals surface area (Å²) in [6.45, 7) is 1.60. The molecule has 0 aliphatic heterocycles. The molecule has 0 aliphatic rings. The molecule has 3 heteroatoms. The van der Waals surface area contributed by atoms with Gasteiger partial charge in [0.15, 0.2) is 11.6 Å². The standard InChI is InChI=1S/C13H8F3/c1-8-5-6-9(7-12(8)15)10-3-2-4-11(14)13(10)16/h2,4-7H,1H3. The Kier molecular flexibility index (Phi) is 2.69. The zero-order valence-electron chi connectivity index (χ0n) is 8.52. The number of halogens is 3. The van der Waals surface area contributed by atoms with Crippen molar-refractivity contribution in [2.75, 3.05) is 0 Å². The van der Waals surface area contributed by atoms with E-state index in [-0.39, 0.29) is 11.1 Å². The fourth-order valence-corrected chi connectivity index (χ4v) is 1.41. The Balaban J connectivity index is 2.59. The van der Waals surface area contributed by atoms with Crippen LogP contribution in [0.3, 0.4) is 0 Å². The van der Waals surface area contributed by atoms with E-state index in [2.05, 4.69) is 6.07 Å². The number of benzene rings is 2. The van der Waals surface area contributed by atoms with Crippen LogP contribution in [-0.2, 0) is 0 Å². The molecule has 1 radical (unpaired) electrons. The molecular weight excluding hydrogens is 213 g/mol. The number of hydrogen-bond donors (Lipinski definition) is 0. The van der Waals surface area contributed by atoms with Crippen LogP contribution >= 0.6 is 0 Å². The highest BCUT2D eigenvalue weighted by Gasteiger charge is 2.10. The summed E-state index contributed by atoms with van der Waals surface area (Å²) in [7, 11) is 0. The normalized spacial score (nSPS) is 10.5. The lowest BCUT2D eigenvalue weighted by atomic mass is 10.0. The monoisotopic (exact) mass is 221 g/mol. The molecule has 0 aromatic heterocycles. The third-order valence-electron chi connectivity index (χ3n) is 2.35. The molecule has 0 amide bonds. The van der Waals surface area contributed by atoms with Crippen molar-refractivity contribution >= 4 is 0 Å². The van der Waals surface area contributed by atoms with Gasteiger partial charge in [-0.1, -0.05) is 18.2 Å². The van der Waals surface area contributed by atoms with Crippen molar-refractivity contribution in [3.05, 3.63) is 59.4 Å². The van der Waals surface area contributed by atoms with E-state index in [1.54, 1.807) is 6.92 Å². The van der Waals surface area contributed by atoms with E-state index < -0.39 is 17.5 Å². The minimum absolute atomic E-state index is 0.0566. The molecule has 0 saturated carbocycles. The van der Waals surface area contributed by atoms with Crippen LogP contribution in [0.5, 0.6) is 0 Å². The van der Waals surface area contributed by atoms with Crippen molar-refractivity contribution in [3.8, 4) is 11.1 Å². The van der Waals surface area contributed by atoms with Gasteiger partial charge < -0.3 is 0 Å². The maximum Gasteiger partial charge on any atom is 0.167 e. The number of aryl methyl sites for hydroxylation is 1. The quantitative estimate of drug-likeness (QED) is 0.685. The van der Waals surface area contributed by atoms with E-state index in [4.69, 9.17) is 0 Å². The molecule has 16 heavy (non-hydrogen) atoms.